The molecule has 2 aromatic rings. The summed E-state index contributed by atoms with van der Waals surface area (Å²) in [7, 11) is 1.57. The maximum Gasteiger partial charge on any atom is 0.312 e. The second-order valence-corrected chi connectivity index (χ2v) is 7.12. The summed E-state index contributed by atoms with van der Waals surface area (Å²) >= 11 is 0. The maximum atomic E-state index is 12.4. The van der Waals surface area contributed by atoms with Crippen LogP contribution in [0.4, 0.5) is 5.82 Å². The number of aliphatic carboxylic acids is 1. The van der Waals surface area contributed by atoms with E-state index in [1.165, 1.54) is 0 Å². The van der Waals surface area contributed by atoms with Crippen LogP contribution in [0.1, 0.15) is 15.9 Å². The molecule has 2 aliphatic rings. The Bertz CT molecular complexity index is 900. The van der Waals surface area contributed by atoms with Crippen LogP contribution in [-0.4, -0.2) is 48.7 Å². The highest BCUT2D eigenvalue weighted by atomic mass is 16.5. The third kappa shape index (κ3) is 2.89. The van der Waals surface area contributed by atoms with Crippen molar-refractivity contribution >= 4 is 17.7 Å². The minimum absolute atomic E-state index is 0.173. The van der Waals surface area contributed by atoms with Gasteiger partial charge in [-0.05, 0) is 30.2 Å². The van der Waals surface area contributed by atoms with Gasteiger partial charge in [0.25, 0.3) is 5.91 Å². The highest BCUT2D eigenvalue weighted by molar-refractivity contribution is 5.94. The Labute approximate surface area is 157 Å². The highest BCUT2D eigenvalue weighted by Crippen LogP contribution is 2.44. The Balaban J connectivity index is 1.68. The Morgan fingerprint density at radius 1 is 1.33 bits per heavy atom. The van der Waals surface area contributed by atoms with E-state index in [0.29, 0.717) is 37.5 Å². The molecule has 1 aromatic carbocycles. The number of nitrogens with zero attached hydrogens (tertiary/aromatic N) is 2. The zero-order chi connectivity index (χ0) is 19.0. The number of hydrogen-bond donors (Lipinski definition) is 2. The first-order valence-corrected chi connectivity index (χ1v) is 8.91. The standard InChI is InChI=1S/C20H21N3O4/c1-21-18(24)13-6-7-22-17(8-13)23-10-15-11-27-16-5-3-2-4-14(16)9-20(15,12-23)19(25)26/h2-8,15H,9-12H2,1H3,(H,21,24)(H,25,26). The van der Waals surface area contributed by atoms with Gasteiger partial charge in [-0.1, -0.05) is 18.2 Å². The Morgan fingerprint density at radius 2 is 2.15 bits per heavy atom. The molecule has 0 saturated carbocycles. The first-order valence-electron chi connectivity index (χ1n) is 8.91. The fraction of sp³-hybridized carbons (Fsp3) is 0.350. The van der Waals surface area contributed by atoms with Crippen molar-refractivity contribution in [3.8, 4) is 5.75 Å². The van der Waals surface area contributed by atoms with Crippen LogP contribution in [0.3, 0.4) is 0 Å². The normalized spacial score (nSPS) is 23.6. The van der Waals surface area contributed by atoms with Crippen LogP contribution in [0.5, 0.6) is 5.75 Å². The fourth-order valence-electron chi connectivity index (χ4n) is 4.08. The molecule has 0 radical (unpaired) electrons. The minimum atomic E-state index is -0.947. The second kappa shape index (κ2) is 6.57. The van der Waals surface area contributed by atoms with E-state index in [0.717, 1.165) is 11.3 Å². The van der Waals surface area contributed by atoms with Crippen molar-refractivity contribution in [3.05, 3.63) is 53.7 Å². The first-order chi connectivity index (χ1) is 13.0. The van der Waals surface area contributed by atoms with Gasteiger partial charge < -0.3 is 20.1 Å². The van der Waals surface area contributed by atoms with Crippen molar-refractivity contribution in [2.75, 3.05) is 31.6 Å². The van der Waals surface area contributed by atoms with E-state index in [4.69, 9.17) is 4.74 Å². The zero-order valence-electron chi connectivity index (χ0n) is 15.0. The molecule has 3 heterocycles. The number of carbonyl (C=O) groups is 2. The van der Waals surface area contributed by atoms with Crippen LogP contribution >= 0.6 is 0 Å². The number of rotatable bonds is 3. The topological polar surface area (TPSA) is 91.8 Å². The number of hydrogen-bond acceptors (Lipinski definition) is 5. The van der Waals surface area contributed by atoms with Gasteiger partial charge in [0.05, 0.1) is 12.0 Å². The number of aromatic nitrogens is 1. The summed E-state index contributed by atoms with van der Waals surface area (Å²) in [5, 5.41) is 12.7. The summed E-state index contributed by atoms with van der Waals surface area (Å²) in [6.07, 6.45) is 1.99. The van der Waals surface area contributed by atoms with E-state index in [1.54, 1.807) is 25.4 Å². The lowest BCUT2D eigenvalue weighted by molar-refractivity contribution is -0.150. The fourth-order valence-corrected chi connectivity index (χ4v) is 4.08. The monoisotopic (exact) mass is 367 g/mol. The summed E-state index contributed by atoms with van der Waals surface area (Å²) in [6.45, 7) is 1.19. The van der Waals surface area contributed by atoms with Gasteiger partial charge in [-0.3, -0.25) is 9.59 Å². The van der Waals surface area contributed by atoms with Gasteiger partial charge in [-0.15, -0.1) is 0 Å². The number of fused-ring (bicyclic) bond motifs is 2. The van der Waals surface area contributed by atoms with Crippen LogP contribution < -0.4 is 15.0 Å². The maximum absolute atomic E-state index is 12.4. The molecule has 0 bridgehead atoms. The number of nitrogens with one attached hydrogen (secondary N) is 1. The molecule has 2 atom stereocenters. The number of para-hydroxylation sites is 1. The molecule has 2 aliphatic heterocycles. The predicted octanol–water partition coefficient (Wildman–Crippen LogP) is 1.58. The lowest BCUT2D eigenvalue weighted by Crippen LogP contribution is -2.42. The number of ether oxygens (including phenoxy) is 1. The largest absolute Gasteiger partial charge is 0.493 e. The third-order valence-corrected chi connectivity index (χ3v) is 5.60. The number of carboxylic acid groups (broad SMARTS) is 1. The number of pyridine rings is 1. The quantitative estimate of drug-likeness (QED) is 0.856. The zero-order valence-corrected chi connectivity index (χ0v) is 15.0. The van der Waals surface area contributed by atoms with Gasteiger partial charge in [0.1, 0.15) is 11.6 Å². The molecule has 1 saturated heterocycles. The smallest absolute Gasteiger partial charge is 0.312 e. The first kappa shape index (κ1) is 17.3. The lowest BCUT2D eigenvalue weighted by Gasteiger charge is -2.27. The number of carboxylic acids is 1. The summed E-state index contributed by atoms with van der Waals surface area (Å²) in [5.41, 5.74) is 0.467. The molecule has 27 heavy (non-hydrogen) atoms. The molecule has 0 aliphatic carbocycles. The molecule has 7 nitrogen and oxygen atoms in total. The molecular formula is C20H21N3O4. The van der Waals surface area contributed by atoms with Crippen LogP contribution in [0.2, 0.25) is 0 Å². The van der Waals surface area contributed by atoms with Crippen molar-refractivity contribution in [3.63, 3.8) is 0 Å². The van der Waals surface area contributed by atoms with Crippen molar-refractivity contribution < 1.29 is 19.4 Å². The molecular weight excluding hydrogens is 346 g/mol. The number of anilines is 1. The SMILES string of the molecule is CNC(=O)c1ccnc(N2CC3COc4ccccc4CC3(C(=O)O)C2)c1. The molecule has 2 unspecified atom stereocenters. The minimum Gasteiger partial charge on any atom is -0.493 e. The van der Waals surface area contributed by atoms with Crippen LogP contribution in [0.25, 0.3) is 0 Å². The molecule has 1 fully saturated rings. The third-order valence-electron chi connectivity index (χ3n) is 5.60. The number of carbonyl (C=O) groups excluding carboxylic acids is 1. The van der Waals surface area contributed by atoms with Crippen LogP contribution in [-0.2, 0) is 11.2 Å². The van der Waals surface area contributed by atoms with Gasteiger partial charge in [0.2, 0.25) is 0 Å². The van der Waals surface area contributed by atoms with Gasteiger partial charge in [0, 0.05) is 37.8 Å². The van der Waals surface area contributed by atoms with E-state index >= 15 is 0 Å². The van der Waals surface area contributed by atoms with E-state index in [1.807, 2.05) is 29.2 Å². The van der Waals surface area contributed by atoms with Crippen molar-refractivity contribution in [2.24, 2.45) is 11.3 Å². The summed E-state index contributed by atoms with van der Waals surface area (Å²) in [6, 6.07) is 11.0. The Hall–Kier alpha value is -3.09. The lowest BCUT2D eigenvalue weighted by atomic mass is 9.74. The molecule has 140 valence electrons. The average molecular weight is 367 g/mol. The van der Waals surface area contributed by atoms with Gasteiger partial charge in [0.15, 0.2) is 0 Å². The van der Waals surface area contributed by atoms with E-state index in [9.17, 15) is 14.7 Å². The van der Waals surface area contributed by atoms with E-state index in [2.05, 4.69) is 10.3 Å². The van der Waals surface area contributed by atoms with Crippen molar-refractivity contribution in [1.82, 2.24) is 10.3 Å². The molecule has 1 aromatic heterocycles. The van der Waals surface area contributed by atoms with Crippen LogP contribution in [0, 0.1) is 11.3 Å². The van der Waals surface area contributed by atoms with Gasteiger partial charge in [-0.25, -0.2) is 4.98 Å². The van der Waals surface area contributed by atoms with Crippen molar-refractivity contribution in [1.29, 1.82) is 0 Å². The summed E-state index contributed by atoms with van der Waals surface area (Å²) in [4.78, 5) is 30.6. The van der Waals surface area contributed by atoms with E-state index < -0.39 is 11.4 Å². The number of amides is 1. The van der Waals surface area contributed by atoms with Crippen LogP contribution in [0.15, 0.2) is 42.6 Å². The molecule has 2 N–H and O–H groups in total. The Morgan fingerprint density at radius 3 is 2.93 bits per heavy atom. The molecule has 7 heteroatoms. The summed E-state index contributed by atoms with van der Waals surface area (Å²) < 4.78 is 5.93. The molecule has 1 amide bonds. The van der Waals surface area contributed by atoms with Gasteiger partial charge >= 0.3 is 5.97 Å². The van der Waals surface area contributed by atoms with Gasteiger partial charge in [-0.2, -0.15) is 0 Å². The average Bonchev–Trinajstić information content (AvgIpc) is 2.98. The predicted molar refractivity (Wildman–Crippen MR) is 99.0 cm³/mol. The number of benzene rings is 1. The Kier molecular flexibility index (Phi) is 4.22. The summed E-state index contributed by atoms with van der Waals surface area (Å²) in [5.74, 6) is 0.180. The van der Waals surface area contributed by atoms with E-state index in [-0.39, 0.29) is 11.8 Å². The highest BCUT2D eigenvalue weighted by Gasteiger charge is 2.54. The molecule has 4 rings (SSSR count). The van der Waals surface area contributed by atoms with Crippen molar-refractivity contribution in [2.45, 2.75) is 6.42 Å². The molecule has 0 spiro atoms. The second-order valence-electron chi connectivity index (χ2n) is 7.12.